The molecule has 2 aliphatic rings. The lowest BCUT2D eigenvalue weighted by atomic mass is 10.0. The highest BCUT2D eigenvalue weighted by Gasteiger charge is 2.28. The number of aliphatic hydroxyl groups is 1. The Hall–Kier alpha value is -2.28. The van der Waals surface area contributed by atoms with Crippen LogP contribution in [0.4, 0.5) is 0 Å². The van der Waals surface area contributed by atoms with Crippen molar-refractivity contribution in [2.45, 2.75) is 25.0 Å². The van der Waals surface area contributed by atoms with Crippen molar-refractivity contribution in [3.63, 3.8) is 0 Å². The zero-order valence-electron chi connectivity index (χ0n) is 16.3. The summed E-state index contributed by atoms with van der Waals surface area (Å²) in [4.78, 5) is 8.86. The van der Waals surface area contributed by atoms with Gasteiger partial charge in [-0.3, -0.25) is 0 Å². The highest BCUT2D eigenvalue weighted by Crippen LogP contribution is 2.21. The Morgan fingerprint density at radius 3 is 2.39 bits per heavy atom. The number of aromatic nitrogens is 2. The molecule has 1 aromatic heterocycles. The predicted molar refractivity (Wildman–Crippen MR) is 112 cm³/mol. The maximum atomic E-state index is 9.21. The van der Waals surface area contributed by atoms with Crippen molar-refractivity contribution in [2.24, 2.45) is 11.8 Å². The Bertz CT molecular complexity index is 782. The van der Waals surface area contributed by atoms with Crippen LogP contribution in [-0.4, -0.2) is 53.5 Å². The van der Waals surface area contributed by atoms with Gasteiger partial charge in [0.05, 0.1) is 23.3 Å². The molecule has 2 aromatic rings. The van der Waals surface area contributed by atoms with Crippen LogP contribution >= 0.6 is 0 Å². The molecule has 3 heterocycles. The van der Waals surface area contributed by atoms with Crippen LogP contribution < -0.4 is 15.4 Å². The smallest absolute Gasteiger partial charge is 0.233 e. The van der Waals surface area contributed by atoms with Gasteiger partial charge in [0.2, 0.25) is 5.88 Å². The number of fused-ring (bicyclic) bond motifs is 1. The molecule has 3 N–H and O–H groups in total. The van der Waals surface area contributed by atoms with Gasteiger partial charge in [0.25, 0.3) is 0 Å². The lowest BCUT2D eigenvalue weighted by Crippen LogP contribution is -2.26. The van der Waals surface area contributed by atoms with E-state index in [0.717, 1.165) is 50.1 Å². The minimum atomic E-state index is -0.150. The van der Waals surface area contributed by atoms with Gasteiger partial charge < -0.3 is 20.5 Å². The first-order chi connectivity index (χ1) is 13.7. The zero-order chi connectivity index (χ0) is 19.8. The largest absolute Gasteiger partial charge is 0.472 e. The molecule has 2 saturated heterocycles. The van der Waals surface area contributed by atoms with Gasteiger partial charge >= 0.3 is 0 Å². The van der Waals surface area contributed by atoms with Crippen LogP contribution in [0.5, 0.6) is 5.88 Å². The summed E-state index contributed by atoms with van der Waals surface area (Å²) in [5, 5.41) is 15.7. The van der Waals surface area contributed by atoms with Crippen molar-refractivity contribution in [3.05, 3.63) is 55.8 Å². The van der Waals surface area contributed by atoms with E-state index < -0.39 is 0 Å². The van der Waals surface area contributed by atoms with E-state index in [9.17, 15) is 5.11 Å². The average molecular weight is 383 g/mol. The van der Waals surface area contributed by atoms with Crippen molar-refractivity contribution in [2.75, 3.05) is 26.2 Å². The van der Waals surface area contributed by atoms with Gasteiger partial charge in [-0.05, 0) is 25.0 Å². The number of ether oxygens (including phenoxy) is 1. The van der Waals surface area contributed by atoms with Crippen molar-refractivity contribution in [3.8, 4) is 5.88 Å². The summed E-state index contributed by atoms with van der Waals surface area (Å²) in [5.41, 5.74) is 1.76. The van der Waals surface area contributed by atoms with Crippen LogP contribution in [-0.2, 0) is 0 Å². The van der Waals surface area contributed by atoms with Gasteiger partial charge in [0.15, 0.2) is 0 Å². The summed E-state index contributed by atoms with van der Waals surface area (Å²) in [6.07, 6.45) is 7.39. The summed E-state index contributed by atoms with van der Waals surface area (Å²) in [6.45, 7) is 10.9. The summed E-state index contributed by atoms with van der Waals surface area (Å²) in [5.74, 6) is 1.47. The highest BCUT2D eigenvalue weighted by molar-refractivity contribution is 5.73. The number of para-hydroxylation sites is 2. The lowest BCUT2D eigenvalue weighted by molar-refractivity contribution is 0.149. The van der Waals surface area contributed by atoms with E-state index in [1.165, 1.54) is 0 Å². The van der Waals surface area contributed by atoms with Crippen molar-refractivity contribution in [1.29, 1.82) is 0 Å². The third-order valence-corrected chi connectivity index (χ3v) is 5.22. The molecule has 2 aliphatic heterocycles. The fourth-order valence-electron chi connectivity index (χ4n) is 3.62. The predicted octanol–water partition coefficient (Wildman–Crippen LogP) is 2.32. The van der Waals surface area contributed by atoms with Crippen molar-refractivity contribution >= 4 is 11.0 Å². The lowest BCUT2D eigenvalue weighted by Gasteiger charge is -2.18. The Kier molecular flexibility index (Phi) is 7.54. The zero-order valence-corrected chi connectivity index (χ0v) is 16.3. The van der Waals surface area contributed by atoms with E-state index in [2.05, 4.69) is 33.8 Å². The Morgan fingerprint density at radius 2 is 1.68 bits per heavy atom. The molecular weight excluding hydrogens is 352 g/mol. The first-order valence-electron chi connectivity index (χ1n) is 9.91. The molecule has 2 fully saturated rings. The number of hydrogen-bond acceptors (Lipinski definition) is 6. The second kappa shape index (κ2) is 10.3. The molecule has 0 aliphatic carbocycles. The monoisotopic (exact) mass is 382 g/mol. The van der Waals surface area contributed by atoms with Crippen molar-refractivity contribution in [1.82, 2.24) is 20.6 Å². The van der Waals surface area contributed by atoms with Crippen LogP contribution in [0.2, 0.25) is 0 Å². The average Bonchev–Trinajstić information content (AvgIpc) is 3.32. The summed E-state index contributed by atoms with van der Waals surface area (Å²) >= 11 is 0. The molecule has 150 valence electrons. The second-order valence-corrected chi connectivity index (χ2v) is 7.31. The van der Waals surface area contributed by atoms with E-state index in [4.69, 9.17) is 4.74 Å². The summed E-state index contributed by atoms with van der Waals surface area (Å²) in [7, 11) is 0. The molecule has 0 saturated carbocycles. The standard InChI is InChI=1S/C15H17N3O.C7H13NO/c1-2-5-11-8-16-9-14(11)19-15-10-17-12-6-3-4-7-13(12)18-15;1-2-3-6-4-8-5-7(6)9/h2-4,6-7,10-11,14,16H,1,5,8-9H2;2,6-9H,1,3-5H2. The van der Waals surface area contributed by atoms with Gasteiger partial charge in [-0.25, -0.2) is 9.97 Å². The van der Waals surface area contributed by atoms with Gasteiger partial charge in [-0.2, -0.15) is 0 Å². The molecule has 28 heavy (non-hydrogen) atoms. The van der Waals surface area contributed by atoms with E-state index in [1.807, 2.05) is 36.4 Å². The van der Waals surface area contributed by atoms with Gasteiger partial charge in [-0.15, -0.1) is 13.2 Å². The minimum Gasteiger partial charge on any atom is -0.472 e. The van der Waals surface area contributed by atoms with E-state index in [1.54, 1.807) is 6.20 Å². The molecule has 0 radical (unpaired) electrons. The normalized spacial score (nSPS) is 26.5. The van der Waals surface area contributed by atoms with Gasteiger partial charge in [0.1, 0.15) is 6.10 Å². The number of aliphatic hydroxyl groups excluding tert-OH is 1. The number of allylic oxidation sites excluding steroid dienone is 2. The number of nitrogens with zero attached hydrogens (tertiary/aromatic N) is 2. The molecular formula is C22H30N4O2. The molecule has 0 spiro atoms. The van der Waals surface area contributed by atoms with Gasteiger partial charge in [-0.1, -0.05) is 24.3 Å². The van der Waals surface area contributed by atoms with Crippen LogP contribution in [0.25, 0.3) is 11.0 Å². The molecule has 0 amide bonds. The van der Waals surface area contributed by atoms with Crippen LogP contribution in [0.1, 0.15) is 12.8 Å². The summed E-state index contributed by atoms with van der Waals surface area (Å²) in [6, 6.07) is 7.81. The number of nitrogens with one attached hydrogen (secondary N) is 2. The minimum absolute atomic E-state index is 0.147. The molecule has 6 heteroatoms. The highest BCUT2D eigenvalue weighted by atomic mass is 16.5. The second-order valence-electron chi connectivity index (χ2n) is 7.31. The van der Waals surface area contributed by atoms with E-state index in [-0.39, 0.29) is 12.2 Å². The molecule has 4 rings (SSSR count). The molecule has 1 aromatic carbocycles. The number of hydrogen-bond donors (Lipinski definition) is 3. The van der Waals surface area contributed by atoms with E-state index >= 15 is 0 Å². The third-order valence-electron chi connectivity index (χ3n) is 5.22. The summed E-state index contributed by atoms with van der Waals surface area (Å²) < 4.78 is 5.96. The SMILES string of the molecule is C=CCC1CNCC1O.C=CCC1CNCC1Oc1cnc2ccccc2n1. The topological polar surface area (TPSA) is 79.3 Å². The van der Waals surface area contributed by atoms with Crippen molar-refractivity contribution < 1.29 is 9.84 Å². The first-order valence-corrected chi connectivity index (χ1v) is 9.91. The number of rotatable bonds is 6. The van der Waals surface area contributed by atoms with Crippen LogP contribution in [0, 0.1) is 11.8 Å². The van der Waals surface area contributed by atoms with Gasteiger partial charge in [0, 0.05) is 38.0 Å². The third kappa shape index (κ3) is 5.38. The van der Waals surface area contributed by atoms with Crippen LogP contribution in [0.3, 0.4) is 0 Å². The van der Waals surface area contributed by atoms with E-state index in [0.29, 0.717) is 17.7 Å². The molecule has 0 bridgehead atoms. The number of β-amino-alcohol motifs (C(OH)–C–C–N with tert-alkyl or cyclic N) is 1. The maximum absolute atomic E-state index is 9.21. The Labute approximate surface area is 166 Å². The quantitative estimate of drug-likeness (QED) is 0.666. The molecule has 6 nitrogen and oxygen atoms in total. The molecule has 4 atom stereocenters. The Morgan fingerprint density at radius 1 is 1.00 bits per heavy atom. The fraction of sp³-hybridized carbons (Fsp3) is 0.455. The fourth-order valence-corrected chi connectivity index (χ4v) is 3.62. The molecule has 4 unspecified atom stereocenters. The first kappa shape index (κ1) is 20.5. The maximum Gasteiger partial charge on any atom is 0.233 e. The van der Waals surface area contributed by atoms with Crippen LogP contribution in [0.15, 0.2) is 55.8 Å². The Balaban J connectivity index is 0.000000211. The number of benzene rings is 1.